The number of fused-ring (bicyclic) bond motifs is 3. The molecule has 3 aromatic carbocycles. The number of nitrogens with one attached hydrogen (secondary N) is 1. The Balaban J connectivity index is 1.87. The zero-order valence-electron chi connectivity index (χ0n) is 13.2. The van der Waals surface area contributed by atoms with Crippen molar-refractivity contribution in [1.29, 1.82) is 0 Å². The molecule has 1 aromatic heterocycles. The van der Waals surface area contributed by atoms with Gasteiger partial charge in [-0.15, -0.1) is 0 Å². The Labute approximate surface area is 135 Å². The third-order valence-corrected chi connectivity index (χ3v) is 4.06. The van der Waals surface area contributed by atoms with Gasteiger partial charge in [0.1, 0.15) is 5.58 Å². The van der Waals surface area contributed by atoms with Crippen LogP contribution in [0.2, 0.25) is 0 Å². The lowest BCUT2D eigenvalue weighted by molar-refractivity contribution is 0.670. The number of nitrogens with zero attached hydrogens (tertiary/aromatic N) is 1. The van der Waals surface area contributed by atoms with E-state index in [9.17, 15) is 0 Å². The standard InChI is InChI=1S/C20H18N2O/c1-22(2)18-12-5-4-10-16(18)21-17-11-7-9-15-14-8-3-6-13-19(14)23-20(15)17/h3-13,21H,1-2H3. The van der Waals surface area contributed by atoms with Crippen molar-refractivity contribution in [2.75, 3.05) is 24.3 Å². The van der Waals surface area contributed by atoms with E-state index in [-0.39, 0.29) is 0 Å². The van der Waals surface area contributed by atoms with Gasteiger partial charge in [-0.05, 0) is 24.3 Å². The summed E-state index contributed by atoms with van der Waals surface area (Å²) in [5.41, 5.74) is 4.99. The number of rotatable bonds is 3. The van der Waals surface area contributed by atoms with Crippen molar-refractivity contribution in [3.05, 3.63) is 66.7 Å². The maximum atomic E-state index is 6.08. The predicted molar refractivity (Wildman–Crippen MR) is 97.8 cm³/mol. The van der Waals surface area contributed by atoms with E-state index in [0.717, 1.165) is 39.0 Å². The summed E-state index contributed by atoms with van der Waals surface area (Å²) in [6, 6.07) is 22.6. The van der Waals surface area contributed by atoms with Gasteiger partial charge in [0.25, 0.3) is 0 Å². The molecule has 0 spiro atoms. The van der Waals surface area contributed by atoms with Crippen molar-refractivity contribution >= 4 is 39.0 Å². The molecule has 0 aliphatic rings. The molecule has 0 aliphatic carbocycles. The van der Waals surface area contributed by atoms with Crippen LogP contribution in [0, 0.1) is 0 Å². The maximum Gasteiger partial charge on any atom is 0.158 e. The highest BCUT2D eigenvalue weighted by molar-refractivity contribution is 6.09. The summed E-state index contributed by atoms with van der Waals surface area (Å²) in [5.74, 6) is 0. The monoisotopic (exact) mass is 302 g/mol. The first-order chi connectivity index (χ1) is 11.2. The molecule has 4 aromatic rings. The minimum absolute atomic E-state index is 0.891. The summed E-state index contributed by atoms with van der Waals surface area (Å²) in [6.45, 7) is 0. The molecule has 23 heavy (non-hydrogen) atoms. The highest BCUT2D eigenvalue weighted by Gasteiger charge is 2.11. The number of hydrogen-bond donors (Lipinski definition) is 1. The Morgan fingerprint density at radius 1 is 0.739 bits per heavy atom. The van der Waals surface area contributed by atoms with Crippen LogP contribution in [0.3, 0.4) is 0 Å². The van der Waals surface area contributed by atoms with Gasteiger partial charge in [0.05, 0.1) is 17.1 Å². The minimum Gasteiger partial charge on any atom is -0.454 e. The Morgan fingerprint density at radius 2 is 1.43 bits per heavy atom. The SMILES string of the molecule is CN(C)c1ccccc1Nc1cccc2c1oc1ccccc12. The van der Waals surface area contributed by atoms with Gasteiger partial charge in [-0.3, -0.25) is 0 Å². The number of para-hydroxylation sites is 4. The zero-order chi connectivity index (χ0) is 15.8. The lowest BCUT2D eigenvalue weighted by atomic mass is 10.1. The van der Waals surface area contributed by atoms with Crippen LogP contribution in [-0.2, 0) is 0 Å². The van der Waals surface area contributed by atoms with Gasteiger partial charge in [0.2, 0.25) is 0 Å². The fraction of sp³-hybridized carbons (Fsp3) is 0.100. The maximum absolute atomic E-state index is 6.08. The fourth-order valence-electron chi connectivity index (χ4n) is 2.96. The highest BCUT2D eigenvalue weighted by atomic mass is 16.3. The normalized spacial score (nSPS) is 11.0. The molecule has 3 heteroatoms. The van der Waals surface area contributed by atoms with Crippen molar-refractivity contribution in [1.82, 2.24) is 0 Å². The summed E-state index contributed by atoms with van der Waals surface area (Å²) in [6.07, 6.45) is 0. The molecular formula is C20H18N2O. The molecule has 114 valence electrons. The molecule has 0 aliphatic heterocycles. The molecule has 1 heterocycles. The minimum atomic E-state index is 0.891. The summed E-state index contributed by atoms with van der Waals surface area (Å²) in [7, 11) is 4.09. The summed E-state index contributed by atoms with van der Waals surface area (Å²) < 4.78 is 6.08. The van der Waals surface area contributed by atoms with Gasteiger partial charge in [-0.1, -0.05) is 42.5 Å². The molecule has 0 saturated heterocycles. The van der Waals surface area contributed by atoms with Crippen LogP contribution < -0.4 is 10.2 Å². The van der Waals surface area contributed by atoms with Crippen LogP contribution >= 0.6 is 0 Å². The topological polar surface area (TPSA) is 28.4 Å². The van der Waals surface area contributed by atoms with Crippen LogP contribution in [0.25, 0.3) is 21.9 Å². The molecule has 0 bridgehead atoms. The van der Waals surface area contributed by atoms with E-state index in [1.54, 1.807) is 0 Å². The van der Waals surface area contributed by atoms with Gasteiger partial charge >= 0.3 is 0 Å². The Kier molecular flexibility index (Phi) is 3.19. The van der Waals surface area contributed by atoms with Crippen molar-refractivity contribution in [2.45, 2.75) is 0 Å². The smallest absolute Gasteiger partial charge is 0.158 e. The molecule has 0 saturated carbocycles. The molecule has 0 fully saturated rings. The molecule has 0 atom stereocenters. The van der Waals surface area contributed by atoms with Gasteiger partial charge in [0, 0.05) is 24.9 Å². The second-order valence-electron chi connectivity index (χ2n) is 5.82. The van der Waals surface area contributed by atoms with E-state index < -0.39 is 0 Å². The number of hydrogen-bond acceptors (Lipinski definition) is 3. The van der Waals surface area contributed by atoms with Crippen LogP contribution in [-0.4, -0.2) is 14.1 Å². The zero-order valence-corrected chi connectivity index (χ0v) is 13.2. The van der Waals surface area contributed by atoms with Crippen molar-refractivity contribution in [3.63, 3.8) is 0 Å². The first-order valence-electron chi connectivity index (χ1n) is 7.67. The van der Waals surface area contributed by atoms with E-state index in [0.29, 0.717) is 0 Å². The summed E-state index contributed by atoms with van der Waals surface area (Å²) in [5, 5.41) is 5.80. The average molecular weight is 302 g/mol. The van der Waals surface area contributed by atoms with Crippen LogP contribution in [0.1, 0.15) is 0 Å². The Morgan fingerprint density at radius 3 is 2.30 bits per heavy atom. The third kappa shape index (κ3) is 2.30. The summed E-state index contributed by atoms with van der Waals surface area (Å²) >= 11 is 0. The van der Waals surface area contributed by atoms with Gasteiger partial charge in [0.15, 0.2) is 5.58 Å². The molecule has 0 unspecified atom stereocenters. The first kappa shape index (κ1) is 13.7. The van der Waals surface area contributed by atoms with Gasteiger partial charge < -0.3 is 14.6 Å². The Bertz CT molecular complexity index is 985. The number of benzene rings is 3. The molecule has 0 amide bonds. The third-order valence-electron chi connectivity index (χ3n) is 4.06. The quantitative estimate of drug-likeness (QED) is 0.549. The molecule has 0 radical (unpaired) electrons. The fourth-order valence-corrected chi connectivity index (χ4v) is 2.96. The molecule has 3 nitrogen and oxygen atoms in total. The lowest BCUT2D eigenvalue weighted by Crippen LogP contribution is -2.10. The Hall–Kier alpha value is -2.94. The largest absolute Gasteiger partial charge is 0.454 e. The van der Waals surface area contributed by atoms with Gasteiger partial charge in [-0.2, -0.15) is 0 Å². The van der Waals surface area contributed by atoms with E-state index >= 15 is 0 Å². The number of furan rings is 1. The average Bonchev–Trinajstić information content (AvgIpc) is 2.95. The highest BCUT2D eigenvalue weighted by Crippen LogP contribution is 2.36. The van der Waals surface area contributed by atoms with Crippen molar-refractivity contribution in [2.24, 2.45) is 0 Å². The van der Waals surface area contributed by atoms with Gasteiger partial charge in [-0.25, -0.2) is 0 Å². The van der Waals surface area contributed by atoms with Crippen molar-refractivity contribution < 1.29 is 4.42 Å². The lowest BCUT2D eigenvalue weighted by Gasteiger charge is -2.18. The summed E-state index contributed by atoms with van der Waals surface area (Å²) in [4.78, 5) is 2.10. The second kappa shape index (κ2) is 5.36. The van der Waals surface area contributed by atoms with E-state index in [4.69, 9.17) is 4.42 Å². The second-order valence-corrected chi connectivity index (χ2v) is 5.82. The number of anilines is 3. The van der Waals surface area contributed by atoms with Crippen LogP contribution in [0.5, 0.6) is 0 Å². The van der Waals surface area contributed by atoms with E-state index in [2.05, 4.69) is 46.6 Å². The molecular weight excluding hydrogens is 284 g/mol. The van der Waals surface area contributed by atoms with E-state index in [1.165, 1.54) is 0 Å². The van der Waals surface area contributed by atoms with Crippen LogP contribution in [0.4, 0.5) is 17.1 Å². The predicted octanol–water partition coefficient (Wildman–Crippen LogP) is 5.40. The van der Waals surface area contributed by atoms with Crippen LogP contribution in [0.15, 0.2) is 71.1 Å². The molecule has 1 N–H and O–H groups in total. The van der Waals surface area contributed by atoms with E-state index in [1.807, 2.05) is 44.4 Å². The van der Waals surface area contributed by atoms with Crippen molar-refractivity contribution in [3.8, 4) is 0 Å². The first-order valence-corrected chi connectivity index (χ1v) is 7.67. The molecule has 4 rings (SSSR count).